The fourth-order valence-electron chi connectivity index (χ4n) is 2.52. The van der Waals surface area contributed by atoms with E-state index in [0.29, 0.717) is 27.9 Å². The van der Waals surface area contributed by atoms with Crippen LogP contribution in [0.3, 0.4) is 0 Å². The molecule has 0 spiro atoms. The summed E-state index contributed by atoms with van der Waals surface area (Å²) >= 11 is 0. The van der Waals surface area contributed by atoms with Crippen LogP contribution in [0, 0.1) is 11.3 Å². The summed E-state index contributed by atoms with van der Waals surface area (Å²) in [5.41, 5.74) is 1.80. The van der Waals surface area contributed by atoms with Crippen LogP contribution in [-0.2, 0) is 4.74 Å². The summed E-state index contributed by atoms with van der Waals surface area (Å²) in [5.74, 6) is -0.833. The molecule has 0 saturated carbocycles. The van der Waals surface area contributed by atoms with Crippen LogP contribution >= 0.6 is 0 Å². The fourth-order valence-corrected chi connectivity index (χ4v) is 2.52. The van der Waals surface area contributed by atoms with Crippen molar-refractivity contribution in [3.05, 3.63) is 77.1 Å². The average Bonchev–Trinajstić information content (AvgIpc) is 3.00. The van der Waals surface area contributed by atoms with Crippen LogP contribution in [0.15, 0.2) is 54.7 Å². The number of fused-ring (bicyclic) bond motifs is 1. The van der Waals surface area contributed by atoms with Gasteiger partial charge < -0.3 is 9.14 Å². The first-order chi connectivity index (χ1) is 11.2. The minimum atomic E-state index is -0.513. The van der Waals surface area contributed by atoms with Crippen LogP contribution in [0.25, 0.3) is 5.52 Å². The van der Waals surface area contributed by atoms with E-state index in [1.165, 1.54) is 13.2 Å². The molecule has 0 N–H and O–H groups in total. The normalized spacial score (nSPS) is 10.3. The van der Waals surface area contributed by atoms with Crippen LogP contribution in [0.5, 0.6) is 0 Å². The lowest BCUT2D eigenvalue weighted by Gasteiger charge is -2.04. The summed E-state index contributed by atoms with van der Waals surface area (Å²) < 4.78 is 6.40. The number of pyridine rings is 1. The van der Waals surface area contributed by atoms with Crippen LogP contribution in [0.2, 0.25) is 0 Å². The van der Waals surface area contributed by atoms with Gasteiger partial charge in [-0.1, -0.05) is 18.2 Å². The summed E-state index contributed by atoms with van der Waals surface area (Å²) in [4.78, 5) is 24.8. The third-order valence-corrected chi connectivity index (χ3v) is 3.61. The number of hydrogen-bond donors (Lipinski definition) is 0. The van der Waals surface area contributed by atoms with Gasteiger partial charge in [0.25, 0.3) is 0 Å². The average molecular weight is 304 g/mol. The molecule has 0 amide bonds. The van der Waals surface area contributed by atoms with Crippen LogP contribution in [0.1, 0.15) is 32.0 Å². The van der Waals surface area contributed by atoms with Crippen molar-refractivity contribution in [3.63, 3.8) is 0 Å². The van der Waals surface area contributed by atoms with E-state index in [-0.39, 0.29) is 5.78 Å². The first-order valence-electron chi connectivity index (χ1n) is 6.89. The van der Waals surface area contributed by atoms with E-state index in [1.807, 2.05) is 6.07 Å². The SMILES string of the molecule is COC(=O)c1cc(C(=O)c2ccccc2C#N)n2ccccc12. The lowest BCUT2D eigenvalue weighted by atomic mass is 10.0. The molecule has 5 heteroatoms. The number of rotatable bonds is 3. The minimum absolute atomic E-state index is 0.294. The van der Waals surface area contributed by atoms with Gasteiger partial charge in [0.05, 0.1) is 35.5 Å². The molecule has 23 heavy (non-hydrogen) atoms. The first kappa shape index (κ1) is 14.5. The van der Waals surface area contributed by atoms with E-state index in [1.54, 1.807) is 53.1 Å². The highest BCUT2D eigenvalue weighted by molar-refractivity contribution is 6.12. The smallest absolute Gasteiger partial charge is 0.340 e. The van der Waals surface area contributed by atoms with Crippen molar-refractivity contribution in [2.45, 2.75) is 0 Å². The van der Waals surface area contributed by atoms with E-state index in [4.69, 9.17) is 4.74 Å². The molecular formula is C18H12N2O3. The predicted molar refractivity (Wildman–Crippen MR) is 83.3 cm³/mol. The number of nitrogens with zero attached hydrogens (tertiary/aromatic N) is 2. The van der Waals surface area contributed by atoms with Gasteiger partial charge in [-0.05, 0) is 30.3 Å². The number of carbonyl (C=O) groups is 2. The molecule has 0 aliphatic carbocycles. The number of aromatic nitrogens is 1. The summed E-state index contributed by atoms with van der Waals surface area (Å²) in [6.45, 7) is 0. The Kier molecular flexibility index (Phi) is 3.65. The third kappa shape index (κ3) is 2.36. The van der Waals surface area contributed by atoms with Gasteiger partial charge in [-0.15, -0.1) is 0 Å². The van der Waals surface area contributed by atoms with Crippen molar-refractivity contribution in [1.29, 1.82) is 5.26 Å². The van der Waals surface area contributed by atoms with Crippen molar-refractivity contribution in [2.24, 2.45) is 0 Å². The first-order valence-corrected chi connectivity index (χ1v) is 6.89. The largest absolute Gasteiger partial charge is 0.465 e. The Morgan fingerprint density at radius 2 is 1.83 bits per heavy atom. The van der Waals surface area contributed by atoms with Crippen molar-refractivity contribution >= 4 is 17.3 Å². The molecule has 0 fully saturated rings. The van der Waals surface area contributed by atoms with Gasteiger partial charge in [-0.25, -0.2) is 4.79 Å². The maximum atomic E-state index is 12.8. The maximum absolute atomic E-state index is 12.8. The molecule has 0 aliphatic rings. The molecule has 0 unspecified atom stereocenters. The van der Waals surface area contributed by atoms with Gasteiger partial charge in [0.2, 0.25) is 5.78 Å². The number of esters is 1. The van der Waals surface area contributed by atoms with E-state index < -0.39 is 5.97 Å². The van der Waals surface area contributed by atoms with Crippen molar-refractivity contribution < 1.29 is 14.3 Å². The van der Waals surface area contributed by atoms with E-state index in [9.17, 15) is 14.9 Å². The predicted octanol–water partition coefficient (Wildman–Crippen LogP) is 2.83. The van der Waals surface area contributed by atoms with Crippen LogP contribution in [-0.4, -0.2) is 23.3 Å². The number of ether oxygens (including phenoxy) is 1. The molecule has 0 saturated heterocycles. The van der Waals surface area contributed by atoms with Crippen molar-refractivity contribution in [1.82, 2.24) is 4.40 Å². The Labute approximate surface area is 132 Å². The molecular weight excluding hydrogens is 292 g/mol. The number of ketones is 1. The Balaban J connectivity index is 2.23. The van der Waals surface area contributed by atoms with Crippen LogP contribution < -0.4 is 0 Å². The second-order valence-corrected chi connectivity index (χ2v) is 4.88. The van der Waals surface area contributed by atoms with E-state index in [2.05, 4.69) is 0 Å². The van der Waals surface area contributed by atoms with Gasteiger partial charge in [0, 0.05) is 11.8 Å². The number of methoxy groups -OCH3 is 1. The van der Waals surface area contributed by atoms with Gasteiger partial charge in [0.1, 0.15) is 0 Å². The molecule has 0 aliphatic heterocycles. The zero-order valence-electron chi connectivity index (χ0n) is 12.3. The van der Waals surface area contributed by atoms with Crippen molar-refractivity contribution in [3.8, 4) is 6.07 Å². The highest BCUT2D eigenvalue weighted by Gasteiger charge is 2.22. The molecule has 0 bridgehead atoms. The minimum Gasteiger partial charge on any atom is -0.465 e. The second-order valence-electron chi connectivity index (χ2n) is 4.88. The second kappa shape index (κ2) is 5.78. The van der Waals surface area contributed by atoms with Crippen LogP contribution in [0.4, 0.5) is 0 Å². The number of benzene rings is 1. The third-order valence-electron chi connectivity index (χ3n) is 3.61. The summed E-state index contributed by atoms with van der Waals surface area (Å²) in [6.07, 6.45) is 1.70. The quantitative estimate of drug-likeness (QED) is 0.551. The Bertz CT molecular complexity index is 964. The molecule has 1 aromatic carbocycles. The lowest BCUT2D eigenvalue weighted by molar-refractivity contribution is 0.0603. The summed E-state index contributed by atoms with van der Waals surface area (Å²) in [6, 6.07) is 15.4. The zero-order valence-corrected chi connectivity index (χ0v) is 12.3. The Morgan fingerprint density at radius 1 is 1.09 bits per heavy atom. The van der Waals surface area contributed by atoms with Gasteiger partial charge >= 0.3 is 5.97 Å². The molecule has 112 valence electrons. The van der Waals surface area contributed by atoms with E-state index in [0.717, 1.165) is 0 Å². The van der Waals surface area contributed by atoms with Crippen molar-refractivity contribution in [2.75, 3.05) is 7.11 Å². The summed E-state index contributed by atoms with van der Waals surface area (Å²) in [5, 5.41) is 9.18. The molecule has 2 heterocycles. The molecule has 3 aromatic rings. The van der Waals surface area contributed by atoms with Gasteiger partial charge in [-0.3, -0.25) is 4.79 Å². The Hall–Kier alpha value is -3.39. The Morgan fingerprint density at radius 3 is 2.57 bits per heavy atom. The number of carbonyl (C=O) groups excluding carboxylic acids is 2. The van der Waals surface area contributed by atoms with Gasteiger partial charge in [-0.2, -0.15) is 5.26 Å². The molecule has 2 aromatic heterocycles. The molecule has 5 nitrogen and oxygen atoms in total. The number of nitriles is 1. The maximum Gasteiger partial charge on any atom is 0.340 e. The highest BCUT2D eigenvalue weighted by atomic mass is 16.5. The van der Waals surface area contributed by atoms with Gasteiger partial charge in [0.15, 0.2) is 0 Å². The fraction of sp³-hybridized carbons (Fsp3) is 0.0556. The van der Waals surface area contributed by atoms with E-state index >= 15 is 0 Å². The zero-order chi connectivity index (χ0) is 16.4. The number of hydrogen-bond acceptors (Lipinski definition) is 4. The monoisotopic (exact) mass is 304 g/mol. The topological polar surface area (TPSA) is 71.6 Å². The molecule has 0 radical (unpaired) electrons. The highest BCUT2D eigenvalue weighted by Crippen LogP contribution is 2.22. The standard InChI is InChI=1S/C18H12N2O3/c1-23-18(22)14-10-16(20-9-5-4-8-15(14)20)17(21)13-7-3-2-6-12(13)11-19/h2-10H,1H3. The summed E-state index contributed by atoms with van der Waals surface area (Å²) in [7, 11) is 1.29. The lowest BCUT2D eigenvalue weighted by Crippen LogP contribution is -2.07. The molecule has 3 rings (SSSR count). The molecule has 0 atom stereocenters.